The highest BCUT2D eigenvalue weighted by Gasteiger charge is 2.29. The van der Waals surface area contributed by atoms with Gasteiger partial charge in [0.2, 0.25) is 0 Å². The molecule has 0 aromatic carbocycles. The third-order valence-electron chi connectivity index (χ3n) is 2.39. The van der Waals surface area contributed by atoms with E-state index < -0.39 is 0 Å². The summed E-state index contributed by atoms with van der Waals surface area (Å²) in [6.45, 7) is 3.07. The lowest BCUT2D eigenvalue weighted by molar-refractivity contribution is 0.796. The molecular formula is C10H14BrN3. The van der Waals surface area contributed by atoms with E-state index in [1.165, 1.54) is 18.4 Å². The number of alkyl halides is 1. The summed E-state index contributed by atoms with van der Waals surface area (Å²) in [6.07, 6.45) is 4.38. The lowest BCUT2D eigenvalue weighted by Gasteiger charge is -2.21. The quantitative estimate of drug-likeness (QED) is 0.773. The van der Waals surface area contributed by atoms with Crippen LogP contribution in [0.1, 0.15) is 18.4 Å². The van der Waals surface area contributed by atoms with Crippen LogP contribution in [-0.4, -0.2) is 28.1 Å². The Bertz CT molecular complexity index is 312. The van der Waals surface area contributed by atoms with Gasteiger partial charge in [0.15, 0.2) is 5.82 Å². The second kappa shape index (κ2) is 4.26. The van der Waals surface area contributed by atoms with Gasteiger partial charge in [0.05, 0.1) is 6.20 Å². The van der Waals surface area contributed by atoms with Crippen LogP contribution < -0.4 is 4.90 Å². The number of hydrogen-bond donors (Lipinski definition) is 0. The van der Waals surface area contributed by atoms with E-state index in [2.05, 4.69) is 44.0 Å². The van der Waals surface area contributed by atoms with Crippen LogP contribution >= 0.6 is 15.9 Å². The monoisotopic (exact) mass is 255 g/mol. The van der Waals surface area contributed by atoms with E-state index in [0.717, 1.165) is 17.7 Å². The van der Waals surface area contributed by atoms with Crippen LogP contribution in [0, 0.1) is 6.92 Å². The molecule has 1 aromatic heterocycles. The van der Waals surface area contributed by atoms with Crippen molar-refractivity contribution >= 4 is 21.7 Å². The van der Waals surface area contributed by atoms with E-state index in [1.54, 1.807) is 6.20 Å². The minimum Gasteiger partial charge on any atom is -0.351 e. The summed E-state index contributed by atoms with van der Waals surface area (Å²) in [7, 11) is 0. The maximum Gasteiger partial charge on any atom is 0.151 e. The zero-order valence-electron chi connectivity index (χ0n) is 8.28. The zero-order valence-corrected chi connectivity index (χ0v) is 9.87. The van der Waals surface area contributed by atoms with Crippen LogP contribution in [0.4, 0.5) is 5.82 Å². The summed E-state index contributed by atoms with van der Waals surface area (Å²) in [4.78, 5) is 2.34. The Hall–Kier alpha value is -0.640. The third-order valence-corrected chi connectivity index (χ3v) is 2.74. The largest absolute Gasteiger partial charge is 0.351 e. The predicted octanol–water partition coefficient (Wildman–Crippen LogP) is 2.15. The van der Waals surface area contributed by atoms with Crippen molar-refractivity contribution in [3.8, 4) is 0 Å². The normalized spacial score (nSPS) is 15.6. The Kier molecular flexibility index (Phi) is 3.01. The third kappa shape index (κ3) is 2.23. The molecule has 1 aliphatic rings. The molecule has 2 rings (SSSR count). The smallest absolute Gasteiger partial charge is 0.151 e. The van der Waals surface area contributed by atoms with Crippen molar-refractivity contribution in [2.24, 2.45) is 0 Å². The summed E-state index contributed by atoms with van der Waals surface area (Å²) >= 11 is 3.47. The summed E-state index contributed by atoms with van der Waals surface area (Å²) in [5, 5.41) is 9.15. The summed E-state index contributed by atoms with van der Waals surface area (Å²) in [5.74, 6) is 1.02. The molecule has 14 heavy (non-hydrogen) atoms. The van der Waals surface area contributed by atoms with Crippen molar-refractivity contribution < 1.29 is 0 Å². The van der Waals surface area contributed by atoms with E-state index in [4.69, 9.17) is 0 Å². The number of nitrogens with zero attached hydrogens (tertiary/aromatic N) is 3. The number of anilines is 1. The molecule has 0 unspecified atom stereocenters. The van der Waals surface area contributed by atoms with Crippen molar-refractivity contribution in [2.45, 2.75) is 25.8 Å². The molecule has 0 N–H and O–H groups in total. The van der Waals surface area contributed by atoms with Crippen molar-refractivity contribution in [3.05, 3.63) is 17.8 Å². The Morgan fingerprint density at radius 1 is 1.57 bits per heavy atom. The van der Waals surface area contributed by atoms with Gasteiger partial charge in [0.25, 0.3) is 0 Å². The number of halogens is 1. The zero-order chi connectivity index (χ0) is 9.97. The van der Waals surface area contributed by atoms with Gasteiger partial charge in [-0.05, 0) is 31.4 Å². The first-order chi connectivity index (χ1) is 6.81. The minimum atomic E-state index is 0.698. The standard InChI is InChI=1S/C10H14BrN3/c1-8-6-10(13-12-7-8)14(5-4-11)9-2-3-9/h6-7,9H,2-5H2,1H3. The first kappa shape index (κ1) is 9.90. The van der Waals surface area contributed by atoms with Gasteiger partial charge in [-0.25, -0.2) is 0 Å². The highest BCUT2D eigenvalue weighted by molar-refractivity contribution is 9.09. The number of rotatable bonds is 4. The van der Waals surface area contributed by atoms with Gasteiger partial charge in [-0.2, -0.15) is 5.10 Å². The molecular weight excluding hydrogens is 242 g/mol. The molecule has 1 heterocycles. The molecule has 1 saturated carbocycles. The lowest BCUT2D eigenvalue weighted by atomic mass is 10.3. The van der Waals surface area contributed by atoms with Gasteiger partial charge in [-0.3, -0.25) is 0 Å². The Morgan fingerprint density at radius 3 is 2.93 bits per heavy atom. The molecule has 0 atom stereocenters. The average Bonchev–Trinajstić information content (AvgIpc) is 2.97. The van der Waals surface area contributed by atoms with E-state index in [1.807, 2.05) is 0 Å². The molecule has 0 saturated heterocycles. The molecule has 0 bridgehead atoms. The van der Waals surface area contributed by atoms with Crippen molar-refractivity contribution in [2.75, 3.05) is 16.8 Å². The Morgan fingerprint density at radius 2 is 2.36 bits per heavy atom. The van der Waals surface area contributed by atoms with Gasteiger partial charge in [0.1, 0.15) is 0 Å². The minimum absolute atomic E-state index is 0.698. The molecule has 1 fully saturated rings. The number of aromatic nitrogens is 2. The van der Waals surface area contributed by atoms with Crippen LogP contribution in [0.3, 0.4) is 0 Å². The second-order valence-corrected chi connectivity index (χ2v) is 4.50. The fraction of sp³-hybridized carbons (Fsp3) is 0.600. The lowest BCUT2D eigenvalue weighted by Crippen LogP contribution is -2.28. The summed E-state index contributed by atoms with van der Waals surface area (Å²) in [5.41, 5.74) is 1.18. The fourth-order valence-electron chi connectivity index (χ4n) is 1.55. The Balaban J connectivity index is 2.16. The van der Waals surface area contributed by atoms with Gasteiger partial charge in [-0.15, -0.1) is 5.10 Å². The van der Waals surface area contributed by atoms with Gasteiger partial charge < -0.3 is 4.90 Å². The molecule has 0 aliphatic heterocycles. The van der Waals surface area contributed by atoms with Crippen molar-refractivity contribution in [3.63, 3.8) is 0 Å². The van der Waals surface area contributed by atoms with Crippen molar-refractivity contribution in [1.82, 2.24) is 10.2 Å². The van der Waals surface area contributed by atoms with Gasteiger partial charge in [0, 0.05) is 17.9 Å². The van der Waals surface area contributed by atoms with E-state index in [0.29, 0.717) is 6.04 Å². The topological polar surface area (TPSA) is 29.0 Å². The maximum absolute atomic E-state index is 4.17. The first-order valence-electron chi connectivity index (χ1n) is 4.93. The van der Waals surface area contributed by atoms with Crippen LogP contribution in [0.25, 0.3) is 0 Å². The first-order valence-corrected chi connectivity index (χ1v) is 6.05. The number of aryl methyl sites for hydroxylation is 1. The van der Waals surface area contributed by atoms with Gasteiger partial charge >= 0.3 is 0 Å². The SMILES string of the molecule is Cc1cnnc(N(CCBr)C2CC2)c1. The highest BCUT2D eigenvalue weighted by Crippen LogP contribution is 2.30. The summed E-state index contributed by atoms with van der Waals surface area (Å²) < 4.78 is 0. The van der Waals surface area contributed by atoms with Crippen LogP contribution in [0.15, 0.2) is 12.3 Å². The average molecular weight is 256 g/mol. The van der Waals surface area contributed by atoms with Crippen LogP contribution in [-0.2, 0) is 0 Å². The number of hydrogen-bond acceptors (Lipinski definition) is 3. The maximum atomic E-state index is 4.17. The summed E-state index contributed by atoms with van der Waals surface area (Å²) in [6, 6.07) is 2.80. The van der Waals surface area contributed by atoms with Crippen LogP contribution in [0.2, 0.25) is 0 Å². The fourth-order valence-corrected chi connectivity index (χ4v) is 1.93. The molecule has 0 spiro atoms. The molecule has 0 radical (unpaired) electrons. The van der Waals surface area contributed by atoms with E-state index in [9.17, 15) is 0 Å². The molecule has 1 aliphatic carbocycles. The molecule has 1 aromatic rings. The molecule has 3 nitrogen and oxygen atoms in total. The molecule has 4 heteroatoms. The predicted molar refractivity (Wildman–Crippen MR) is 60.9 cm³/mol. The van der Waals surface area contributed by atoms with E-state index >= 15 is 0 Å². The highest BCUT2D eigenvalue weighted by atomic mass is 79.9. The van der Waals surface area contributed by atoms with E-state index in [-0.39, 0.29) is 0 Å². The van der Waals surface area contributed by atoms with Crippen LogP contribution in [0.5, 0.6) is 0 Å². The Labute approximate surface area is 92.7 Å². The van der Waals surface area contributed by atoms with Gasteiger partial charge in [-0.1, -0.05) is 15.9 Å². The van der Waals surface area contributed by atoms with Crippen molar-refractivity contribution in [1.29, 1.82) is 0 Å². The molecule has 76 valence electrons. The molecule has 0 amide bonds. The second-order valence-electron chi connectivity index (χ2n) is 3.70.